The lowest BCUT2D eigenvalue weighted by atomic mass is 10.2. The van der Waals surface area contributed by atoms with Crippen LogP contribution in [0.5, 0.6) is 0 Å². The predicted molar refractivity (Wildman–Crippen MR) is 88.8 cm³/mol. The number of nitrogens with one attached hydrogen (secondary N) is 1. The Labute approximate surface area is 137 Å². The van der Waals surface area contributed by atoms with Gasteiger partial charge in [-0.3, -0.25) is 4.79 Å². The SMILES string of the molecule is NC(=O)C1CCCN1c1nc(-c2cccc(F)c2)nc2[nH]ccc12. The summed E-state index contributed by atoms with van der Waals surface area (Å²) in [4.78, 5) is 25.8. The average Bonchev–Trinajstić information content (AvgIpc) is 3.23. The van der Waals surface area contributed by atoms with Gasteiger partial charge >= 0.3 is 0 Å². The van der Waals surface area contributed by atoms with Gasteiger partial charge in [0.25, 0.3) is 0 Å². The van der Waals surface area contributed by atoms with E-state index in [2.05, 4.69) is 15.0 Å². The van der Waals surface area contributed by atoms with Gasteiger partial charge in [-0.05, 0) is 31.0 Å². The standard InChI is InChI=1S/C17H16FN5O/c18-11-4-1-3-10(9-11)15-21-16-12(6-7-20-16)17(22-15)23-8-2-5-13(23)14(19)24/h1,3-4,6-7,9,13H,2,5,8H2,(H2,19,24)(H,20,21,22). The van der Waals surface area contributed by atoms with Crippen LogP contribution in [0.15, 0.2) is 36.5 Å². The van der Waals surface area contributed by atoms with E-state index in [-0.39, 0.29) is 17.8 Å². The van der Waals surface area contributed by atoms with E-state index in [1.165, 1.54) is 12.1 Å². The van der Waals surface area contributed by atoms with Gasteiger partial charge in [-0.2, -0.15) is 0 Å². The molecule has 24 heavy (non-hydrogen) atoms. The Morgan fingerprint density at radius 1 is 1.33 bits per heavy atom. The number of primary amides is 1. The molecule has 0 aliphatic carbocycles. The van der Waals surface area contributed by atoms with E-state index < -0.39 is 0 Å². The third kappa shape index (κ3) is 2.38. The van der Waals surface area contributed by atoms with E-state index >= 15 is 0 Å². The number of aromatic amines is 1. The molecule has 3 aromatic rings. The number of hydrogen-bond acceptors (Lipinski definition) is 4. The molecule has 3 heterocycles. The highest BCUT2D eigenvalue weighted by molar-refractivity contribution is 5.93. The molecule has 3 N–H and O–H groups in total. The number of amides is 1. The fraction of sp³-hybridized carbons (Fsp3) is 0.235. The van der Waals surface area contributed by atoms with Gasteiger partial charge in [0, 0.05) is 18.3 Å². The van der Waals surface area contributed by atoms with Gasteiger partial charge < -0.3 is 15.6 Å². The van der Waals surface area contributed by atoms with Gasteiger partial charge in [-0.1, -0.05) is 12.1 Å². The van der Waals surface area contributed by atoms with Gasteiger partial charge in [0.1, 0.15) is 23.3 Å². The van der Waals surface area contributed by atoms with Crippen LogP contribution in [0.1, 0.15) is 12.8 Å². The lowest BCUT2D eigenvalue weighted by Gasteiger charge is -2.24. The smallest absolute Gasteiger partial charge is 0.240 e. The zero-order valence-electron chi connectivity index (χ0n) is 12.9. The van der Waals surface area contributed by atoms with Crippen LogP contribution in [0, 0.1) is 5.82 Å². The first-order chi connectivity index (χ1) is 11.6. The van der Waals surface area contributed by atoms with Gasteiger partial charge in [-0.15, -0.1) is 0 Å². The number of H-pyrrole nitrogens is 1. The summed E-state index contributed by atoms with van der Waals surface area (Å²) in [5.41, 5.74) is 6.77. The number of nitrogens with zero attached hydrogens (tertiary/aromatic N) is 3. The molecule has 1 amide bonds. The summed E-state index contributed by atoms with van der Waals surface area (Å²) in [7, 11) is 0. The summed E-state index contributed by atoms with van der Waals surface area (Å²) >= 11 is 0. The van der Waals surface area contributed by atoms with E-state index in [1.54, 1.807) is 18.3 Å². The molecule has 1 aromatic carbocycles. The summed E-state index contributed by atoms with van der Waals surface area (Å²) in [6, 6.07) is 7.64. The Balaban J connectivity index is 1.88. The van der Waals surface area contributed by atoms with Crippen LogP contribution >= 0.6 is 0 Å². The normalized spacial score (nSPS) is 17.5. The average molecular weight is 325 g/mol. The maximum absolute atomic E-state index is 13.5. The Bertz CT molecular complexity index is 922. The third-order valence-electron chi connectivity index (χ3n) is 4.33. The van der Waals surface area contributed by atoms with Crippen molar-refractivity contribution >= 4 is 22.8 Å². The summed E-state index contributed by atoms with van der Waals surface area (Å²) in [5, 5.41) is 0.823. The van der Waals surface area contributed by atoms with Gasteiger partial charge in [-0.25, -0.2) is 14.4 Å². The van der Waals surface area contributed by atoms with Crippen molar-refractivity contribution < 1.29 is 9.18 Å². The highest BCUT2D eigenvalue weighted by atomic mass is 19.1. The van der Waals surface area contributed by atoms with Crippen LogP contribution in [0.25, 0.3) is 22.4 Å². The fourth-order valence-electron chi connectivity index (χ4n) is 3.22. The van der Waals surface area contributed by atoms with Gasteiger partial charge in [0.15, 0.2) is 5.82 Å². The van der Waals surface area contributed by atoms with Crippen molar-refractivity contribution in [3.8, 4) is 11.4 Å². The van der Waals surface area contributed by atoms with E-state index in [1.807, 2.05) is 11.0 Å². The highest BCUT2D eigenvalue weighted by Crippen LogP contribution is 2.31. The van der Waals surface area contributed by atoms with Crippen molar-refractivity contribution in [2.75, 3.05) is 11.4 Å². The van der Waals surface area contributed by atoms with E-state index in [9.17, 15) is 9.18 Å². The molecule has 0 saturated carbocycles. The van der Waals surface area contributed by atoms with Crippen molar-refractivity contribution in [3.63, 3.8) is 0 Å². The number of halogens is 1. The number of aromatic nitrogens is 3. The van der Waals surface area contributed by atoms with Crippen molar-refractivity contribution in [3.05, 3.63) is 42.3 Å². The molecule has 0 bridgehead atoms. The maximum Gasteiger partial charge on any atom is 0.240 e. The second kappa shape index (κ2) is 5.59. The number of anilines is 1. The Hall–Kier alpha value is -2.96. The van der Waals surface area contributed by atoms with Crippen molar-refractivity contribution in [2.45, 2.75) is 18.9 Å². The van der Waals surface area contributed by atoms with Crippen LogP contribution in [0.4, 0.5) is 10.2 Å². The summed E-state index contributed by atoms with van der Waals surface area (Å²) in [5.74, 6) is 0.360. The molecule has 0 radical (unpaired) electrons. The van der Waals surface area contributed by atoms with Gasteiger partial charge in [0.2, 0.25) is 5.91 Å². The Morgan fingerprint density at radius 2 is 2.21 bits per heavy atom. The molecule has 1 aliphatic rings. The second-order valence-corrected chi connectivity index (χ2v) is 5.87. The minimum Gasteiger partial charge on any atom is -0.368 e. The maximum atomic E-state index is 13.5. The number of benzene rings is 1. The van der Waals surface area contributed by atoms with Crippen LogP contribution in [0.2, 0.25) is 0 Å². The molecule has 2 aromatic heterocycles. The molecule has 6 nitrogen and oxygen atoms in total. The topological polar surface area (TPSA) is 87.9 Å². The van der Waals surface area contributed by atoms with Crippen molar-refractivity contribution in [2.24, 2.45) is 5.73 Å². The number of hydrogen-bond donors (Lipinski definition) is 2. The van der Waals surface area contributed by atoms with Crippen molar-refractivity contribution in [1.82, 2.24) is 15.0 Å². The summed E-state index contributed by atoms with van der Waals surface area (Å²) in [6.07, 6.45) is 3.35. The molecule has 1 unspecified atom stereocenters. The third-order valence-corrected chi connectivity index (χ3v) is 4.33. The van der Waals surface area contributed by atoms with E-state index in [0.717, 1.165) is 11.8 Å². The van der Waals surface area contributed by atoms with Crippen LogP contribution in [0.3, 0.4) is 0 Å². The molecular weight excluding hydrogens is 309 g/mol. The first kappa shape index (κ1) is 14.6. The Kier molecular flexibility index (Phi) is 3.41. The number of nitrogens with two attached hydrogens (primary N) is 1. The van der Waals surface area contributed by atoms with Crippen LogP contribution in [-0.2, 0) is 4.79 Å². The molecule has 1 aliphatic heterocycles. The first-order valence-corrected chi connectivity index (χ1v) is 7.80. The molecule has 122 valence electrons. The molecule has 4 rings (SSSR count). The lowest BCUT2D eigenvalue weighted by Crippen LogP contribution is -2.40. The zero-order chi connectivity index (χ0) is 16.7. The number of fused-ring (bicyclic) bond motifs is 1. The fourth-order valence-corrected chi connectivity index (χ4v) is 3.22. The summed E-state index contributed by atoms with van der Waals surface area (Å²) < 4.78 is 13.5. The van der Waals surface area contributed by atoms with Crippen molar-refractivity contribution in [1.29, 1.82) is 0 Å². The quantitative estimate of drug-likeness (QED) is 0.773. The monoisotopic (exact) mass is 325 g/mol. The van der Waals surface area contributed by atoms with E-state index in [4.69, 9.17) is 5.73 Å². The number of rotatable bonds is 3. The molecule has 1 saturated heterocycles. The number of carbonyl (C=O) groups is 1. The largest absolute Gasteiger partial charge is 0.368 e. The van der Waals surface area contributed by atoms with Crippen LogP contribution < -0.4 is 10.6 Å². The second-order valence-electron chi connectivity index (χ2n) is 5.87. The summed E-state index contributed by atoms with van der Waals surface area (Å²) in [6.45, 7) is 0.702. The number of carbonyl (C=O) groups excluding carboxylic acids is 1. The minimum atomic E-state index is -0.377. The molecule has 0 spiro atoms. The van der Waals surface area contributed by atoms with Crippen LogP contribution in [-0.4, -0.2) is 33.4 Å². The minimum absolute atomic E-state index is 0.347. The zero-order valence-corrected chi connectivity index (χ0v) is 12.9. The van der Waals surface area contributed by atoms with E-state index in [0.29, 0.717) is 35.8 Å². The molecule has 7 heteroatoms. The predicted octanol–water partition coefficient (Wildman–Crippen LogP) is 2.22. The first-order valence-electron chi connectivity index (χ1n) is 7.80. The Morgan fingerprint density at radius 3 is 3.00 bits per heavy atom. The highest BCUT2D eigenvalue weighted by Gasteiger charge is 2.31. The van der Waals surface area contributed by atoms with Gasteiger partial charge in [0.05, 0.1) is 5.39 Å². The molecular formula is C17H16FN5O. The molecule has 1 atom stereocenters. The molecule has 1 fully saturated rings. The lowest BCUT2D eigenvalue weighted by molar-refractivity contribution is -0.119.